The van der Waals surface area contributed by atoms with Crippen molar-refractivity contribution in [3.63, 3.8) is 0 Å². The molecular weight excluding hydrogens is 387 g/mol. The lowest BCUT2D eigenvalue weighted by Crippen LogP contribution is -2.24. The quantitative estimate of drug-likeness (QED) is 0.609. The van der Waals surface area contributed by atoms with Gasteiger partial charge in [0.2, 0.25) is 0 Å². The molecule has 2 aromatic carbocycles. The van der Waals surface area contributed by atoms with Crippen LogP contribution in [0.2, 0.25) is 5.02 Å². The molecule has 0 aliphatic rings. The summed E-state index contributed by atoms with van der Waals surface area (Å²) in [6.45, 7) is 2.39. The molecule has 0 radical (unpaired) electrons. The minimum absolute atomic E-state index is 0.140. The first kappa shape index (κ1) is 15.1. The number of halogens is 2. The molecular formula is C15H14ClIN2O. The molecule has 20 heavy (non-hydrogen) atoms. The Morgan fingerprint density at radius 1 is 1.35 bits per heavy atom. The molecule has 5 heteroatoms. The first-order valence-electron chi connectivity index (χ1n) is 6.06. The lowest BCUT2D eigenvalue weighted by Gasteiger charge is -2.10. The van der Waals surface area contributed by atoms with Crippen LogP contribution in [0.4, 0.5) is 5.69 Å². The second-order valence-corrected chi connectivity index (χ2v) is 6.04. The van der Waals surface area contributed by atoms with Crippen LogP contribution in [-0.2, 0) is 6.54 Å². The van der Waals surface area contributed by atoms with Crippen LogP contribution in [0.3, 0.4) is 0 Å². The van der Waals surface area contributed by atoms with E-state index in [1.165, 1.54) is 0 Å². The number of amides is 1. The maximum Gasteiger partial charge on any atom is 0.252 e. The highest BCUT2D eigenvalue weighted by Crippen LogP contribution is 2.19. The number of nitrogens with two attached hydrogens (primary N) is 1. The first-order chi connectivity index (χ1) is 9.49. The number of nitrogens with one attached hydrogen (secondary N) is 1. The Balaban J connectivity index is 2.13. The number of nitrogen functional groups attached to an aromatic ring is 1. The molecule has 0 atom stereocenters. The Labute approximate surface area is 136 Å². The van der Waals surface area contributed by atoms with Crippen LogP contribution in [0, 0.1) is 10.5 Å². The lowest BCUT2D eigenvalue weighted by molar-refractivity contribution is 0.0950. The lowest BCUT2D eigenvalue weighted by atomic mass is 10.1. The molecule has 0 aliphatic heterocycles. The number of hydrogen-bond acceptors (Lipinski definition) is 2. The molecule has 104 valence electrons. The van der Waals surface area contributed by atoms with Crippen LogP contribution < -0.4 is 11.1 Å². The Hall–Kier alpha value is -1.27. The minimum Gasteiger partial charge on any atom is -0.399 e. The number of rotatable bonds is 3. The Kier molecular flexibility index (Phi) is 4.88. The monoisotopic (exact) mass is 400 g/mol. The predicted molar refractivity (Wildman–Crippen MR) is 90.9 cm³/mol. The maximum atomic E-state index is 12.2. The van der Waals surface area contributed by atoms with Gasteiger partial charge in [-0.2, -0.15) is 0 Å². The van der Waals surface area contributed by atoms with Gasteiger partial charge in [0.25, 0.3) is 5.91 Å². The SMILES string of the molecule is Cc1c(N)cccc1CNC(=O)c1cc(Cl)ccc1I. The van der Waals surface area contributed by atoms with Crippen LogP contribution in [0.5, 0.6) is 0 Å². The molecule has 2 aromatic rings. The summed E-state index contributed by atoms with van der Waals surface area (Å²) in [6, 6.07) is 10.9. The zero-order valence-electron chi connectivity index (χ0n) is 10.9. The van der Waals surface area contributed by atoms with E-state index in [0.717, 1.165) is 20.4 Å². The van der Waals surface area contributed by atoms with Crippen LogP contribution in [0.15, 0.2) is 36.4 Å². The Bertz CT molecular complexity index is 658. The van der Waals surface area contributed by atoms with Crippen molar-refractivity contribution in [2.45, 2.75) is 13.5 Å². The van der Waals surface area contributed by atoms with E-state index in [0.29, 0.717) is 17.1 Å². The van der Waals surface area contributed by atoms with Gasteiger partial charge >= 0.3 is 0 Å². The number of benzene rings is 2. The number of carbonyl (C=O) groups is 1. The zero-order valence-corrected chi connectivity index (χ0v) is 13.8. The summed E-state index contributed by atoms with van der Waals surface area (Å²) >= 11 is 8.04. The molecule has 0 bridgehead atoms. The summed E-state index contributed by atoms with van der Waals surface area (Å²) in [4.78, 5) is 12.2. The maximum absolute atomic E-state index is 12.2. The van der Waals surface area contributed by atoms with Crippen LogP contribution >= 0.6 is 34.2 Å². The fourth-order valence-corrected chi connectivity index (χ4v) is 2.59. The van der Waals surface area contributed by atoms with E-state index in [2.05, 4.69) is 27.9 Å². The van der Waals surface area contributed by atoms with Crippen molar-refractivity contribution >= 4 is 45.8 Å². The van der Waals surface area contributed by atoms with Crippen LogP contribution in [0.1, 0.15) is 21.5 Å². The van der Waals surface area contributed by atoms with Gasteiger partial charge in [-0.1, -0.05) is 23.7 Å². The van der Waals surface area contributed by atoms with E-state index >= 15 is 0 Å². The third kappa shape index (κ3) is 3.43. The highest BCUT2D eigenvalue weighted by molar-refractivity contribution is 14.1. The van der Waals surface area contributed by atoms with E-state index < -0.39 is 0 Å². The van der Waals surface area contributed by atoms with Crippen molar-refractivity contribution in [2.24, 2.45) is 0 Å². The third-order valence-electron chi connectivity index (χ3n) is 3.10. The van der Waals surface area contributed by atoms with Gasteiger partial charge in [0.1, 0.15) is 0 Å². The highest BCUT2D eigenvalue weighted by Gasteiger charge is 2.11. The normalized spacial score (nSPS) is 10.3. The molecule has 0 unspecified atom stereocenters. The molecule has 0 aliphatic carbocycles. The van der Waals surface area contributed by atoms with Gasteiger partial charge < -0.3 is 11.1 Å². The van der Waals surface area contributed by atoms with E-state index in [1.807, 2.05) is 31.2 Å². The largest absolute Gasteiger partial charge is 0.399 e. The second kappa shape index (κ2) is 6.45. The van der Waals surface area contributed by atoms with Gasteiger partial charge in [-0.15, -0.1) is 0 Å². The van der Waals surface area contributed by atoms with Gasteiger partial charge in [0.15, 0.2) is 0 Å². The smallest absolute Gasteiger partial charge is 0.252 e. The second-order valence-electron chi connectivity index (χ2n) is 4.44. The summed E-state index contributed by atoms with van der Waals surface area (Å²) in [5.74, 6) is -0.140. The predicted octanol–water partition coefficient (Wildman–Crippen LogP) is 3.77. The Morgan fingerprint density at radius 3 is 2.85 bits per heavy atom. The fourth-order valence-electron chi connectivity index (χ4n) is 1.84. The van der Waals surface area contributed by atoms with Crippen molar-refractivity contribution in [1.29, 1.82) is 0 Å². The van der Waals surface area contributed by atoms with Crippen molar-refractivity contribution in [3.8, 4) is 0 Å². The average molecular weight is 401 g/mol. The average Bonchev–Trinajstić information content (AvgIpc) is 2.43. The molecule has 0 heterocycles. The van der Waals surface area contributed by atoms with Gasteiger partial charge in [-0.25, -0.2) is 0 Å². The summed E-state index contributed by atoms with van der Waals surface area (Å²) < 4.78 is 0.869. The van der Waals surface area contributed by atoms with Crippen molar-refractivity contribution in [3.05, 3.63) is 61.7 Å². The van der Waals surface area contributed by atoms with Crippen molar-refractivity contribution in [2.75, 3.05) is 5.73 Å². The van der Waals surface area contributed by atoms with Crippen LogP contribution in [-0.4, -0.2) is 5.91 Å². The third-order valence-corrected chi connectivity index (χ3v) is 4.28. The molecule has 0 saturated heterocycles. The summed E-state index contributed by atoms with van der Waals surface area (Å²) in [7, 11) is 0. The van der Waals surface area contributed by atoms with Crippen molar-refractivity contribution < 1.29 is 4.79 Å². The minimum atomic E-state index is -0.140. The van der Waals surface area contributed by atoms with E-state index in [-0.39, 0.29) is 5.91 Å². The standard InChI is InChI=1S/C15H14ClIN2O/c1-9-10(3-2-4-14(9)18)8-19-15(20)12-7-11(16)5-6-13(12)17/h2-7H,8,18H2,1H3,(H,19,20). The molecule has 0 fully saturated rings. The van der Waals surface area contributed by atoms with Crippen LogP contribution in [0.25, 0.3) is 0 Å². The summed E-state index contributed by atoms with van der Waals surface area (Å²) in [5.41, 5.74) is 9.17. The summed E-state index contributed by atoms with van der Waals surface area (Å²) in [5, 5.41) is 3.44. The van der Waals surface area contributed by atoms with Gasteiger partial charge in [-0.05, 0) is 64.9 Å². The van der Waals surface area contributed by atoms with E-state index in [1.54, 1.807) is 12.1 Å². The van der Waals surface area contributed by atoms with Crippen molar-refractivity contribution in [1.82, 2.24) is 5.32 Å². The van der Waals surface area contributed by atoms with Gasteiger partial charge in [-0.3, -0.25) is 4.79 Å². The topological polar surface area (TPSA) is 55.1 Å². The van der Waals surface area contributed by atoms with E-state index in [9.17, 15) is 4.79 Å². The number of anilines is 1. The van der Waals surface area contributed by atoms with Gasteiger partial charge in [0, 0.05) is 20.8 Å². The molecule has 3 N–H and O–H groups in total. The van der Waals surface area contributed by atoms with Gasteiger partial charge in [0.05, 0.1) is 5.56 Å². The molecule has 0 saturated carbocycles. The van der Waals surface area contributed by atoms with E-state index in [4.69, 9.17) is 17.3 Å². The summed E-state index contributed by atoms with van der Waals surface area (Å²) in [6.07, 6.45) is 0. The molecule has 3 nitrogen and oxygen atoms in total. The molecule has 2 rings (SSSR count). The molecule has 0 spiro atoms. The Morgan fingerprint density at radius 2 is 2.10 bits per heavy atom. The number of carbonyl (C=O) groups excluding carboxylic acids is 1. The fraction of sp³-hybridized carbons (Fsp3) is 0.133. The highest BCUT2D eigenvalue weighted by atomic mass is 127. The number of hydrogen-bond donors (Lipinski definition) is 2. The molecule has 0 aromatic heterocycles. The first-order valence-corrected chi connectivity index (χ1v) is 7.52. The zero-order chi connectivity index (χ0) is 14.7. The molecule has 1 amide bonds.